The van der Waals surface area contributed by atoms with Gasteiger partial charge in [-0.05, 0) is 56.5 Å². The fourth-order valence-electron chi connectivity index (χ4n) is 5.57. The first-order valence-electron chi connectivity index (χ1n) is 10.0. The molecule has 6 nitrogen and oxygen atoms in total. The van der Waals surface area contributed by atoms with Crippen LogP contribution in [-0.4, -0.2) is 60.0 Å². The predicted octanol–water partition coefficient (Wildman–Crippen LogP) is 2.17. The number of rotatable bonds is 4. The van der Waals surface area contributed by atoms with Crippen LogP contribution in [0.15, 0.2) is 18.2 Å². The van der Waals surface area contributed by atoms with Crippen molar-refractivity contribution in [2.24, 2.45) is 5.92 Å². The molecule has 4 saturated heterocycles. The van der Waals surface area contributed by atoms with Gasteiger partial charge in [-0.25, -0.2) is 0 Å². The lowest BCUT2D eigenvalue weighted by molar-refractivity contribution is -0.137. The van der Waals surface area contributed by atoms with E-state index in [-0.39, 0.29) is 30.4 Å². The van der Waals surface area contributed by atoms with Crippen LogP contribution in [-0.2, 0) is 9.59 Å². The molecule has 4 fully saturated rings. The summed E-state index contributed by atoms with van der Waals surface area (Å²) in [6.45, 7) is 4.83. The Hall–Kier alpha value is -2.08. The molecule has 27 heavy (non-hydrogen) atoms. The maximum Gasteiger partial charge on any atom is 0.231 e. The van der Waals surface area contributed by atoms with E-state index >= 15 is 0 Å². The highest BCUT2D eigenvalue weighted by molar-refractivity contribution is 5.84. The molecule has 1 aromatic rings. The maximum absolute atomic E-state index is 13.0. The third kappa shape index (κ3) is 2.81. The molecule has 2 bridgehead atoms. The fourth-order valence-corrected chi connectivity index (χ4v) is 5.57. The summed E-state index contributed by atoms with van der Waals surface area (Å²) in [4.78, 5) is 29.0. The van der Waals surface area contributed by atoms with Crippen LogP contribution in [0.5, 0.6) is 11.5 Å². The average Bonchev–Trinajstić information content (AvgIpc) is 3.32. The van der Waals surface area contributed by atoms with Gasteiger partial charge < -0.3 is 19.2 Å². The van der Waals surface area contributed by atoms with Crippen LogP contribution in [0.25, 0.3) is 0 Å². The molecular formula is C21H26N2O4. The first-order valence-corrected chi connectivity index (χ1v) is 10.0. The van der Waals surface area contributed by atoms with E-state index in [0.29, 0.717) is 24.8 Å². The molecule has 6 heteroatoms. The molecule has 0 aliphatic carbocycles. The third-order valence-electron chi connectivity index (χ3n) is 6.83. The van der Waals surface area contributed by atoms with Crippen molar-refractivity contribution < 1.29 is 19.1 Å². The van der Waals surface area contributed by atoms with Crippen molar-refractivity contribution in [1.82, 2.24) is 9.80 Å². The molecule has 6 rings (SSSR count). The van der Waals surface area contributed by atoms with Crippen molar-refractivity contribution in [2.75, 3.05) is 26.4 Å². The molecular weight excluding hydrogens is 344 g/mol. The lowest BCUT2D eigenvalue weighted by Crippen LogP contribution is -2.60. The highest BCUT2D eigenvalue weighted by atomic mass is 16.7. The minimum Gasteiger partial charge on any atom is -0.454 e. The number of amides is 1. The zero-order valence-electron chi connectivity index (χ0n) is 15.7. The van der Waals surface area contributed by atoms with E-state index < -0.39 is 0 Å². The van der Waals surface area contributed by atoms with Crippen molar-refractivity contribution in [3.63, 3.8) is 0 Å². The molecule has 1 amide bonds. The zero-order valence-corrected chi connectivity index (χ0v) is 15.7. The number of fused-ring (bicyclic) bond motifs is 3. The second-order valence-electron chi connectivity index (χ2n) is 8.32. The Morgan fingerprint density at radius 1 is 1.07 bits per heavy atom. The summed E-state index contributed by atoms with van der Waals surface area (Å²) in [7, 11) is 0. The Morgan fingerprint density at radius 3 is 2.63 bits per heavy atom. The van der Waals surface area contributed by atoms with Gasteiger partial charge in [-0.2, -0.15) is 0 Å². The number of ketones is 1. The van der Waals surface area contributed by atoms with Gasteiger partial charge in [0.15, 0.2) is 11.5 Å². The first-order chi connectivity index (χ1) is 13.1. The van der Waals surface area contributed by atoms with Crippen LogP contribution in [0, 0.1) is 5.92 Å². The molecule has 0 aromatic heterocycles. The quantitative estimate of drug-likeness (QED) is 0.813. The number of Topliss-reactive ketones (excluding diaryl/α,β-unsaturated/α-hetero) is 1. The number of ether oxygens (including phenoxy) is 2. The summed E-state index contributed by atoms with van der Waals surface area (Å²) in [5, 5.41) is 0. The fraction of sp³-hybridized carbons (Fsp3) is 0.619. The SMILES string of the molecule is CC(=O)CCC(=O)N1C[C@@H](c2ccc3c(c2)OCO3)[C@@H]2[C@H]1C1CCN2CC1. The van der Waals surface area contributed by atoms with Gasteiger partial charge in [0.25, 0.3) is 0 Å². The Kier molecular flexibility index (Phi) is 4.11. The molecule has 1 aromatic carbocycles. The minimum absolute atomic E-state index is 0.0836. The Balaban J connectivity index is 1.45. The summed E-state index contributed by atoms with van der Waals surface area (Å²) >= 11 is 0. The lowest BCUT2D eigenvalue weighted by atomic mass is 9.75. The number of carbonyl (C=O) groups is 2. The second-order valence-corrected chi connectivity index (χ2v) is 8.32. The van der Waals surface area contributed by atoms with Gasteiger partial charge in [0.1, 0.15) is 5.78 Å². The van der Waals surface area contributed by atoms with Crippen molar-refractivity contribution in [3.8, 4) is 11.5 Å². The number of piperidine rings is 3. The first kappa shape index (κ1) is 17.0. The van der Waals surface area contributed by atoms with Gasteiger partial charge >= 0.3 is 0 Å². The van der Waals surface area contributed by atoms with E-state index in [1.165, 1.54) is 18.4 Å². The van der Waals surface area contributed by atoms with Gasteiger partial charge in [-0.1, -0.05) is 6.07 Å². The van der Waals surface area contributed by atoms with Gasteiger partial charge in [0, 0.05) is 31.3 Å². The van der Waals surface area contributed by atoms with Crippen molar-refractivity contribution in [3.05, 3.63) is 23.8 Å². The van der Waals surface area contributed by atoms with Crippen LogP contribution in [0.4, 0.5) is 0 Å². The monoisotopic (exact) mass is 370 g/mol. The van der Waals surface area contributed by atoms with Crippen LogP contribution < -0.4 is 9.47 Å². The van der Waals surface area contributed by atoms with Crippen LogP contribution >= 0.6 is 0 Å². The lowest BCUT2D eigenvalue weighted by Gasteiger charge is -2.51. The number of benzene rings is 1. The molecule has 3 atom stereocenters. The van der Waals surface area contributed by atoms with Crippen molar-refractivity contribution in [2.45, 2.75) is 50.6 Å². The van der Waals surface area contributed by atoms with E-state index in [1.807, 2.05) is 6.07 Å². The molecule has 0 saturated carbocycles. The molecule has 5 aliphatic heterocycles. The summed E-state index contributed by atoms with van der Waals surface area (Å²) in [6.07, 6.45) is 3.02. The number of likely N-dealkylation sites (tertiary alicyclic amines) is 1. The Bertz CT molecular complexity index is 771. The largest absolute Gasteiger partial charge is 0.454 e. The maximum atomic E-state index is 13.0. The highest BCUT2D eigenvalue weighted by Crippen LogP contribution is 2.48. The average molecular weight is 370 g/mol. The van der Waals surface area contributed by atoms with Crippen LogP contribution in [0.1, 0.15) is 44.1 Å². The Labute approximate surface area is 159 Å². The van der Waals surface area contributed by atoms with Gasteiger partial charge in [-0.3, -0.25) is 9.69 Å². The van der Waals surface area contributed by atoms with Crippen molar-refractivity contribution >= 4 is 11.7 Å². The van der Waals surface area contributed by atoms with E-state index in [0.717, 1.165) is 31.1 Å². The summed E-state index contributed by atoms with van der Waals surface area (Å²) in [6, 6.07) is 6.87. The van der Waals surface area contributed by atoms with E-state index in [1.54, 1.807) is 6.92 Å². The summed E-state index contributed by atoms with van der Waals surface area (Å²) in [5.41, 5.74) is 1.23. The summed E-state index contributed by atoms with van der Waals surface area (Å²) in [5.74, 6) is 2.70. The standard InChI is InChI=1S/C21H26N2O4/c1-13(24)2-5-19(25)23-11-16(15-3-4-17-18(10-15)27-12-26-17)21-20(23)14-6-8-22(21)9-7-14/h3-4,10,14,16,20-21H,2,5-9,11-12H2,1H3/t16-,20+,21+/m0/s1. The van der Waals surface area contributed by atoms with Crippen LogP contribution in [0.2, 0.25) is 0 Å². The van der Waals surface area contributed by atoms with E-state index in [9.17, 15) is 9.59 Å². The molecule has 5 heterocycles. The topological polar surface area (TPSA) is 59.1 Å². The van der Waals surface area contributed by atoms with Crippen molar-refractivity contribution in [1.29, 1.82) is 0 Å². The van der Waals surface area contributed by atoms with Crippen LogP contribution in [0.3, 0.4) is 0 Å². The molecule has 144 valence electrons. The highest BCUT2D eigenvalue weighted by Gasteiger charge is 2.54. The second kappa shape index (κ2) is 6.51. The smallest absolute Gasteiger partial charge is 0.231 e. The molecule has 5 aliphatic rings. The normalized spacial score (nSPS) is 33.2. The molecule has 0 radical (unpaired) electrons. The Morgan fingerprint density at radius 2 is 1.85 bits per heavy atom. The van der Waals surface area contributed by atoms with Gasteiger partial charge in [0.2, 0.25) is 12.7 Å². The third-order valence-corrected chi connectivity index (χ3v) is 6.83. The minimum atomic E-state index is 0.0836. The predicted molar refractivity (Wildman–Crippen MR) is 98.8 cm³/mol. The molecule has 0 N–H and O–H groups in total. The number of nitrogens with zero attached hydrogens (tertiary/aromatic N) is 2. The number of hydrogen-bond acceptors (Lipinski definition) is 5. The zero-order chi connectivity index (χ0) is 18.5. The summed E-state index contributed by atoms with van der Waals surface area (Å²) < 4.78 is 11.0. The molecule has 0 spiro atoms. The van der Waals surface area contributed by atoms with Gasteiger partial charge in [0.05, 0.1) is 6.04 Å². The van der Waals surface area contributed by atoms with E-state index in [4.69, 9.17) is 9.47 Å². The molecule has 0 unspecified atom stereocenters. The number of hydrogen-bond donors (Lipinski definition) is 0. The van der Waals surface area contributed by atoms with Gasteiger partial charge in [-0.15, -0.1) is 0 Å². The van der Waals surface area contributed by atoms with E-state index in [2.05, 4.69) is 21.9 Å². The number of carbonyl (C=O) groups excluding carboxylic acids is 2.